The van der Waals surface area contributed by atoms with Gasteiger partial charge >= 0.3 is 5.97 Å². The summed E-state index contributed by atoms with van der Waals surface area (Å²) in [4.78, 5) is 11.3. The highest BCUT2D eigenvalue weighted by Gasteiger charge is 2.16. The summed E-state index contributed by atoms with van der Waals surface area (Å²) in [5.41, 5.74) is 2.05. The molecule has 7 nitrogen and oxygen atoms in total. The van der Waals surface area contributed by atoms with E-state index in [1.165, 1.54) is 16.8 Å². The lowest BCUT2D eigenvalue weighted by molar-refractivity contribution is 0.0688. The van der Waals surface area contributed by atoms with Crippen LogP contribution in [0, 0.1) is 11.3 Å². The van der Waals surface area contributed by atoms with E-state index in [4.69, 9.17) is 4.74 Å². The molecule has 0 radical (unpaired) electrons. The fourth-order valence-corrected chi connectivity index (χ4v) is 2.81. The van der Waals surface area contributed by atoms with Crippen LogP contribution in [0.2, 0.25) is 0 Å². The van der Waals surface area contributed by atoms with Crippen LogP contribution >= 0.6 is 0 Å². The van der Waals surface area contributed by atoms with Gasteiger partial charge in [-0.3, -0.25) is 0 Å². The standard InChI is InChI=1S/C21H14N4O3/c22-12-14-13-23-25-18(10-11-19(25)21(26)27)20(14)24-15-6-8-17(9-7-15)28-16-4-2-1-3-5-16/h1-11,13,24H,(H,26,27). The Balaban J connectivity index is 1.64. The number of carboxylic acids is 1. The van der Waals surface area contributed by atoms with E-state index >= 15 is 0 Å². The molecule has 0 bridgehead atoms. The highest BCUT2D eigenvalue weighted by Crippen LogP contribution is 2.28. The fourth-order valence-electron chi connectivity index (χ4n) is 2.81. The number of anilines is 2. The van der Waals surface area contributed by atoms with Gasteiger partial charge < -0.3 is 15.2 Å². The molecule has 4 aromatic rings. The summed E-state index contributed by atoms with van der Waals surface area (Å²) >= 11 is 0. The van der Waals surface area contributed by atoms with Crippen LogP contribution in [-0.4, -0.2) is 20.7 Å². The molecule has 4 rings (SSSR count). The third-order valence-electron chi connectivity index (χ3n) is 4.13. The SMILES string of the molecule is N#Cc1cnn2c(C(=O)O)ccc2c1Nc1ccc(Oc2ccccc2)cc1. The molecule has 0 aliphatic carbocycles. The van der Waals surface area contributed by atoms with E-state index in [1.54, 1.807) is 18.2 Å². The Bertz CT molecular complexity index is 1190. The summed E-state index contributed by atoms with van der Waals surface area (Å²) < 4.78 is 7.06. The van der Waals surface area contributed by atoms with E-state index in [0.29, 0.717) is 22.5 Å². The van der Waals surface area contributed by atoms with Gasteiger partial charge in [0.25, 0.3) is 0 Å². The van der Waals surface area contributed by atoms with Crippen LogP contribution in [0.1, 0.15) is 16.1 Å². The summed E-state index contributed by atoms with van der Waals surface area (Å²) in [5, 5.41) is 25.9. The predicted molar refractivity (Wildman–Crippen MR) is 103 cm³/mol. The Morgan fingerprint density at radius 1 is 1.04 bits per heavy atom. The van der Waals surface area contributed by atoms with E-state index in [-0.39, 0.29) is 5.69 Å². The van der Waals surface area contributed by atoms with Gasteiger partial charge in [0, 0.05) is 5.69 Å². The number of rotatable bonds is 5. The number of aromatic nitrogens is 2. The van der Waals surface area contributed by atoms with E-state index in [2.05, 4.69) is 16.5 Å². The molecule has 7 heteroatoms. The van der Waals surface area contributed by atoms with Crippen molar-refractivity contribution in [1.29, 1.82) is 5.26 Å². The van der Waals surface area contributed by atoms with E-state index in [0.717, 1.165) is 11.4 Å². The zero-order valence-corrected chi connectivity index (χ0v) is 14.5. The number of nitrogens with one attached hydrogen (secondary N) is 1. The fraction of sp³-hybridized carbons (Fsp3) is 0. The molecule has 136 valence electrons. The molecule has 0 atom stereocenters. The summed E-state index contributed by atoms with van der Waals surface area (Å²) in [5.74, 6) is 0.318. The van der Waals surface area contributed by atoms with Crippen LogP contribution in [0.15, 0.2) is 72.9 Å². The number of ether oxygens (including phenoxy) is 1. The van der Waals surface area contributed by atoms with Crippen molar-refractivity contribution in [3.05, 3.63) is 84.2 Å². The van der Waals surface area contributed by atoms with Crippen LogP contribution < -0.4 is 10.1 Å². The first-order valence-corrected chi connectivity index (χ1v) is 8.40. The molecule has 0 saturated heterocycles. The average molecular weight is 370 g/mol. The summed E-state index contributed by atoms with van der Waals surface area (Å²) in [6.07, 6.45) is 1.34. The number of nitriles is 1. The average Bonchev–Trinajstić information content (AvgIpc) is 3.15. The first kappa shape index (κ1) is 17.1. The highest BCUT2D eigenvalue weighted by molar-refractivity contribution is 5.90. The number of hydrogen-bond acceptors (Lipinski definition) is 5. The second-order valence-electron chi connectivity index (χ2n) is 5.93. The molecule has 2 aromatic heterocycles. The van der Waals surface area contributed by atoms with Crippen LogP contribution in [0.5, 0.6) is 11.5 Å². The van der Waals surface area contributed by atoms with Crippen molar-refractivity contribution in [2.24, 2.45) is 0 Å². The Labute approximate surface area is 160 Å². The van der Waals surface area contributed by atoms with Gasteiger partial charge in [-0.1, -0.05) is 18.2 Å². The molecule has 0 aliphatic rings. The van der Waals surface area contributed by atoms with Crippen LogP contribution in [0.3, 0.4) is 0 Å². The first-order chi connectivity index (χ1) is 13.7. The molecular formula is C21H14N4O3. The van der Waals surface area contributed by atoms with Crippen molar-refractivity contribution in [3.63, 3.8) is 0 Å². The molecule has 0 unspecified atom stereocenters. The monoisotopic (exact) mass is 370 g/mol. The van der Waals surface area contributed by atoms with Crippen molar-refractivity contribution >= 4 is 22.9 Å². The van der Waals surface area contributed by atoms with E-state index in [1.807, 2.05) is 42.5 Å². The van der Waals surface area contributed by atoms with Crippen molar-refractivity contribution in [3.8, 4) is 17.6 Å². The number of fused-ring (bicyclic) bond motifs is 1. The molecule has 0 aliphatic heterocycles. The summed E-state index contributed by atoms with van der Waals surface area (Å²) in [7, 11) is 0. The number of para-hydroxylation sites is 1. The van der Waals surface area contributed by atoms with Crippen molar-refractivity contribution < 1.29 is 14.6 Å². The van der Waals surface area contributed by atoms with Crippen molar-refractivity contribution in [1.82, 2.24) is 9.61 Å². The minimum absolute atomic E-state index is 0.0224. The maximum atomic E-state index is 11.3. The third-order valence-corrected chi connectivity index (χ3v) is 4.13. The maximum absolute atomic E-state index is 11.3. The van der Waals surface area contributed by atoms with Gasteiger partial charge in [-0.2, -0.15) is 10.4 Å². The zero-order valence-electron chi connectivity index (χ0n) is 14.5. The zero-order chi connectivity index (χ0) is 19.5. The summed E-state index contributed by atoms with van der Waals surface area (Å²) in [6, 6.07) is 21.8. The number of benzene rings is 2. The Morgan fingerprint density at radius 2 is 1.75 bits per heavy atom. The minimum atomic E-state index is -1.09. The van der Waals surface area contributed by atoms with Crippen LogP contribution in [-0.2, 0) is 0 Å². The Kier molecular flexibility index (Phi) is 4.36. The first-order valence-electron chi connectivity index (χ1n) is 8.40. The summed E-state index contributed by atoms with van der Waals surface area (Å²) in [6.45, 7) is 0. The third kappa shape index (κ3) is 3.22. The van der Waals surface area contributed by atoms with E-state index < -0.39 is 5.97 Å². The van der Waals surface area contributed by atoms with Crippen LogP contribution in [0.4, 0.5) is 11.4 Å². The number of nitrogens with zero attached hydrogens (tertiary/aromatic N) is 3. The molecule has 0 spiro atoms. The molecule has 0 fully saturated rings. The van der Waals surface area contributed by atoms with Gasteiger partial charge in [0.15, 0.2) is 5.69 Å². The number of hydrogen-bond donors (Lipinski definition) is 2. The molecular weight excluding hydrogens is 356 g/mol. The highest BCUT2D eigenvalue weighted by atomic mass is 16.5. The molecule has 2 aromatic carbocycles. The Morgan fingerprint density at radius 3 is 2.43 bits per heavy atom. The van der Waals surface area contributed by atoms with Gasteiger partial charge in [-0.25, -0.2) is 9.31 Å². The lowest BCUT2D eigenvalue weighted by atomic mass is 10.2. The molecule has 0 saturated carbocycles. The lowest BCUT2D eigenvalue weighted by Gasteiger charge is -2.11. The van der Waals surface area contributed by atoms with Crippen molar-refractivity contribution in [2.75, 3.05) is 5.32 Å². The van der Waals surface area contributed by atoms with E-state index in [9.17, 15) is 15.2 Å². The second-order valence-corrected chi connectivity index (χ2v) is 5.93. The largest absolute Gasteiger partial charge is 0.477 e. The van der Waals surface area contributed by atoms with Gasteiger partial charge in [-0.05, 0) is 48.5 Å². The minimum Gasteiger partial charge on any atom is -0.477 e. The number of carbonyl (C=O) groups is 1. The molecule has 2 heterocycles. The maximum Gasteiger partial charge on any atom is 0.354 e. The number of carboxylic acid groups (broad SMARTS) is 1. The molecule has 0 amide bonds. The molecule has 2 N–H and O–H groups in total. The van der Waals surface area contributed by atoms with Gasteiger partial charge in [0.2, 0.25) is 0 Å². The predicted octanol–water partition coefficient (Wildman–Crippen LogP) is 4.44. The number of aromatic carboxylic acids is 1. The smallest absolute Gasteiger partial charge is 0.354 e. The molecule has 28 heavy (non-hydrogen) atoms. The Hall–Kier alpha value is -4.31. The van der Waals surface area contributed by atoms with Crippen molar-refractivity contribution in [2.45, 2.75) is 0 Å². The topological polar surface area (TPSA) is 99.7 Å². The second kappa shape index (κ2) is 7.13. The van der Waals surface area contributed by atoms with Gasteiger partial charge in [-0.15, -0.1) is 0 Å². The van der Waals surface area contributed by atoms with Gasteiger partial charge in [0.05, 0.1) is 23.0 Å². The van der Waals surface area contributed by atoms with Gasteiger partial charge in [0.1, 0.15) is 17.6 Å². The lowest BCUT2D eigenvalue weighted by Crippen LogP contribution is -2.06. The quantitative estimate of drug-likeness (QED) is 0.539. The van der Waals surface area contributed by atoms with Crippen LogP contribution in [0.25, 0.3) is 5.52 Å². The normalized spacial score (nSPS) is 10.4.